The largest absolute Gasteiger partial charge is 0.434 e. The van der Waals surface area contributed by atoms with Crippen molar-refractivity contribution in [1.82, 2.24) is 34.8 Å². The van der Waals surface area contributed by atoms with E-state index in [9.17, 15) is 14.0 Å². The third-order valence-electron chi connectivity index (χ3n) is 9.62. The third kappa shape index (κ3) is 8.50. The smallest absolute Gasteiger partial charge is 0.282 e. The van der Waals surface area contributed by atoms with Crippen LogP contribution in [-0.4, -0.2) is 125 Å². The van der Waals surface area contributed by atoms with Crippen LogP contribution in [-0.2, 0) is 4.79 Å². The summed E-state index contributed by atoms with van der Waals surface area (Å²) in [6, 6.07) is 4.45. The van der Waals surface area contributed by atoms with Gasteiger partial charge in [-0.2, -0.15) is 0 Å². The van der Waals surface area contributed by atoms with Crippen LogP contribution in [0.5, 0.6) is 11.6 Å². The van der Waals surface area contributed by atoms with Crippen molar-refractivity contribution in [1.29, 1.82) is 0 Å². The molecule has 0 unspecified atom stereocenters. The molecule has 2 fully saturated rings. The molecule has 2 amide bonds. The fourth-order valence-electron chi connectivity index (χ4n) is 6.82. The highest BCUT2D eigenvalue weighted by Gasteiger charge is 2.50. The maximum absolute atomic E-state index is 14.3. The maximum Gasteiger partial charge on any atom is 0.282 e. The Morgan fingerprint density at radius 3 is 2.48 bits per heavy atom. The monoisotopic (exact) mass is 640 g/mol. The van der Waals surface area contributed by atoms with E-state index in [1.165, 1.54) is 24.5 Å². The molecular formula is C34H53FN8O3. The van der Waals surface area contributed by atoms with E-state index in [1.807, 2.05) is 27.8 Å². The van der Waals surface area contributed by atoms with Crippen LogP contribution >= 0.6 is 0 Å². The number of likely N-dealkylation sites (N-methyl/N-ethyl adjacent to an activating group) is 2. The Morgan fingerprint density at radius 2 is 1.83 bits per heavy atom. The predicted molar refractivity (Wildman–Crippen MR) is 178 cm³/mol. The summed E-state index contributed by atoms with van der Waals surface area (Å²) in [4.78, 5) is 40.0. The number of nitrogens with zero attached hydrogens (tertiary/aromatic N) is 8. The molecule has 2 aromatic rings. The highest BCUT2D eigenvalue weighted by molar-refractivity contribution is 5.97. The first kappa shape index (κ1) is 35.5. The number of hydrogen-bond acceptors (Lipinski definition) is 9. The number of amides is 2. The van der Waals surface area contributed by atoms with Crippen LogP contribution in [0.3, 0.4) is 0 Å². The van der Waals surface area contributed by atoms with E-state index < -0.39 is 5.82 Å². The molecule has 46 heavy (non-hydrogen) atoms. The molecule has 1 aromatic heterocycles. The average molecular weight is 641 g/mol. The van der Waals surface area contributed by atoms with Crippen LogP contribution in [0, 0.1) is 17.2 Å². The number of likely N-dealkylation sites (tertiary alicyclic amines) is 1. The highest BCUT2D eigenvalue weighted by atomic mass is 19.1. The van der Waals surface area contributed by atoms with Gasteiger partial charge in [0.2, 0.25) is 5.91 Å². The molecule has 4 rings (SSSR count). The molecule has 3 heterocycles. The number of aromatic nitrogens is 3. The van der Waals surface area contributed by atoms with Crippen LogP contribution in [0.1, 0.15) is 71.2 Å². The van der Waals surface area contributed by atoms with Crippen LogP contribution < -0.4 is 9.64 Å². The van der Waals surface area contributed by atoms with Crippen molar-refractivity contribution in [3.05, 3.63) is 35.9 Å². The molecule has 1 atom stereocenters. The van der Waals surface area contributed by atoms with Gasteiger partial charge in [0, 0.05) is 77.3 Å². The van der Waals surface area contributed by atoms with Gasteiger partial charge in [-0.05, 0) is 77.7 Å². The van der Waals surface area contributed by atoms with Gasteiger partial charge in [0.25, 0.3) is 11.8 Å². The summed E-state index contributed by atoms with van der Waals surface area (Å²) in [7, 11) is 3.98. The Bertz CT molecular complexity index is 1340. The molecular weight excluding hydrogens is 587 g/mol. The number of ether oxygens (including phenoxy) is 1. The quantitative estimate of drug-likeness (QED) is 0.281. The standard InChI is InChI=1S/C34H53FN8O3/c1-9-43(25(4)5)33(45)28-19-27(35)12-13-30(28)46-32-31(36-23-37-38-32)41-16-14-34(20-41)21-42(22-34)29(24(2)3)11-10-15-39(7)17-18-40(8)26(6)44/h12-13,19,23-25,29H,9-11,14-18,20-22H2,1-8H3/t29-/m1/s1. The zero-order valence-corrected chi connectivity index (χ0v) is 29.0. The van der Waals surface area contributed by atoms with Crippen LogP contribution in [0.4, 0.5) is 10.2 Å². The van der Waals surface area contributed by atoms with Gasteiger partial charge in [-0.25, -0.2) is 9.37 Å². The lowest BCUT2D eigenvalue weighted by molar-refractivity contribution is -0.127. The first-order valence-corrected chi connectivity index (χ1v) is 16.7. The van der Waals surface area contributed by atoms with E-state index in [-0.39, 0.29) is 40.5 Å². The summed E-state index contributed by atoms with van der Waals surface area (Å²) in [6.45, 7) is 18.9. The lowest BCUT2D eigenvalue weighted by Crippen LogP contribution is -2.62. The Kier molecular flexibility index (Phi) is 11.9. The van der Waals surface area contributed by atoms with Gasteiger partial charge in [-0.1, -0.05) is 13.8 Å². The number of rotatable bonds is 15. The normalized spacial score (nSPS) is 16.7. The average Bonchev–Trinajstić information content (AvgIpc) is 3.44. The second kappa shape index (κ2) is 15.5. The third-order valence-corrected chi connectivity index (χ3v) is 9.62. The first-order chi connectivity index (χ1) is 21.8. The second-order valence-electron chi connectivity index (χ2n) is 13.8. The van der Waals surface area contributed by atoms with E-state index >= 15 is 0 Å². The molecule has 0 radical (unpaired) electrons. The van der Waals surface area contributed by atoms with Crippen molar-refractivity contribution < 1.29 is 18.7 Å². The van der Waals surface area contributed by atoms with Gasteiger partial charge in [-0.3, -0.25) is 14.5 Å². The minimum absolute atomic E-state index is 0.0484. The molecule has 0 aliphatic carbocycles. The molecule has 2 aliphatic rings. The van der Waals surface area contributed by atoms with Crippen LogP contribution in [0.15, 0.2) is 24.5 Å². The first-order valence-electron chi connectivity index (χ1n) is 16.7. The summed E-state index contributed by atoms with van der Waals surface area (Å²) in [6.07, 6.45) is 4.72. The number of hydrogen-bond donors (Lipinski definition) is 0. The van der Waals surface area contributed by atoms with Crippen LogP contribution in [0.25, 0.3) is 0 Å². The summed E-state index contributed by atoms with van der Waals surface area (Å²) >= 11 is 0. The summed E-state index contributed by atoms with van der Waals surface area (Å²) < 4.78 is 20.5. The minimum atomic E-state index is -0.506. The number of anilines is 1. The number of halogens is 1. The van der Waals surface area contributed by atoms with E-state index in [1.54, 1.807) is 16.7 Å². The van der Waals surface area contributed by atoms with Crippen molar-refractivity contribution in [3.8, 4) is 11.6 Å². The molecule has 1 aromatic carbocycles. The fraction of sp³-hybridized carbons (Fsp3) is 0.676. The maximum atomic E-state index is 14.3. The topological polar surface area (TPSA) is 98.2 Å². The zero-order valence-electron chi connectivity index (χ0n) is 29.0. The van der Waals surface area contributed by atoms with Gasteiger partial charge in [0.15, 0.2) is 5.82 Å². The Balaban J connectivity index is 1.37. The highest BCUT2D eigenvalue weighted by Crippen LogP contribution is 2.44. The van der Waals surface area contributed by atoms with Crippen molar-refractivity contribution in [2.24, 2.45) is 11.3 Å². The van der Waals surface area contributed by atoms with E-state index in [2.05, 4.69) is 50.8 Å². The minimum Gasteiger partial charge on any atom is -0.434 e. The van der Waals surface area contributed by atoms with Gasteiger partial charge in [-0.15, -0.1) is 10.2 Å². The molecule has 0 N–H and O–H groups in total. The van der Waals surface area contributed by atoms with Gasteiger partial charge in [0.05, 0.1) is 5.56 Å². The molecule has 12 heteroatoms. The summed E-state index contributed by atoms with van der Waals surface area (Å²) in [5.74, 6) is 0.881. The van der Waals surface area contributed by atoms with E-state index in [0.29, 0.717) is 24.3 Å². The summed E-state index contributed by atoms with van der Waals surface area (Å²) in [5.41, 5.74) is 0.327. The van der Waals surface area contributed by atoms with Crippen LogP contribution in [0.2, 0.25) is 0 Å². The SMILES string of the molecule is CCN(C(=O)c1cc(F)ccc1Oc1nncnc1N1CCC2(C1)CN([C@H](CCCN(C)CCN(C)C(C)=O)C(C)C)C2)C(C)C. The molecule has 11 nitrogen and oxygen atoms in total. The predicted octanol–water partition coefficient (Wildman–Crippen LogP) is 4.40. The summed E-state index contributed by atoms with van der Waals surface area (Å²) in [5, 5.41) is 8.22. The van der Waals surface area contributed by atoms with Crippen molar-refractivity contribution in [3.63, 3.8) is 0 Å². The molecule has 2 saturated heterocycles. The van der Waals surface area contributed by atoms with Crippen molar-refractivity contribution in [2.45, 2.75) is 72.9 Å². The number of carbonyl (C=O) groups excluding carboxylic acids is 2. The molecule has 0 bridgehead atoms. The van der Waals surface area contributed by atoms with E-state index in [4.69, 9.17) is 4.74 Å². The van der Waals surface area contributed by atoms with Gasteiger partial charge < -0.3 is 24.3 Å². The molecule has 0 saturated carbocycles. The van der Waals surface area contributed by atoms with Gasteiger partial charge in [0.1, 0.15) is 17.9 Å². The lowest BCUT2D eigenvalue weighted by atomic mass is 9.76. The Hall–Kier alpha value is -3.38. The fourth-order valence-corrected chi connectivity index (χ4v) is 6.82. The number of carbonyl (C=O) groups is 2. The molecule has 2 aliphatic heterocycles. The number of benzene rings is 1. The van der Waals surface area contributed by atoms with Gasteiger partial charge >= 0.3 is 0 Å². The second-order valence-corrected chi connectivity index (χ2v) is 13.8. The molecule has 254 valence electrons. The molecule has 1 spiro atoms. The lowest BCUT2D eigenvalue weighted by Gasteiger charge is -2.53. The Morgan fingerprint density at radius 1 is 1.09 bits per heavy atom. The Labute approximate surface area is 274 Å². The van der Waals surface area contributed by atoms with Crippen molar-refractivity contribution in [2.75, 3.05) is 71.4 Å². The van der Waals surface area contributed by atoms with Crippen molar-refractivity contribution >= 4 is 17.6 Å². The van der Waals surface area contributed by atoms with E-state index in [0.717, 1.165) is 65.1 Å². The zero-order chi connectivity index (χ0) is 33.6.